The number of benzene rings is 2. The van der Waals surface area contributed by atoms with Gasteiger partial charge in [-0.2, -0.15) is 0 Å². The summed E-state index contributed by atoms with van der Waals surface area (Å²) in [7, 11) is 0. The number of hydrogen-bond acceptors (Lipinski definition) is 2. The van der Waals surface area contributed by atoms with Crippen LogP contribution in [-0.2, 0) is 4.79 Å². The molecule has 0 saturated carbocycles. The number of rotatable bonds is 7. The van der Waals surface area contributed by atoms with Crippen molar-refractivity contribution >= 4 is 12.0 Å². The molecule has 2 aromatic carbocycles. The average molecular weight is 367 g/mol. The molecule has 3 rings (SSSR count). The molecule has 0 amide bonds. The Morgan fingerprint density at radius 3 is 2.67 bits per heavy atom. The molecular weight excluding hydrogens is 341 g/mol. The SMILES string of the molecule is O=C(O)C1CCCN(CCC/C=C/c2ccccc2-c2ccccc2F)C1. The first kappa shape index (κ1) is 19.3. The highest BCUT2D eigenvalue weighted by Gasteiger charge is 2.24. The topological polar surface area (TPSA) is 40.5 Å². The van der Waals surface area contributed by atoms with E-state index in [1.165, 1.54) is 6.07 Å². The van der Waals surface area contributed by atoms with Crippen LogP contribution in [0.1, 0.15) is 31.2 Å². The lowest BCUT2D eigenvalue weighted by atomic mass is 9.98. The van der Waals surface area contributed by atoms with Crippen molar-refractivity contribution in [3.63, 3.8) is 0 Å². The molecule has 1 aliphatic heterocycles. The summed E-state index contributed by atoms with van der Waals surface area (Å²) in [5, 5.41) is 9.17. The fourth-order valence-electron chi connectivity index (χ4n) is 3.67. The van der Waals surface area contributed by atoms with Gasteiger partial charge in [-0.25, -0.2) is 4.39 Å². The molecule has 1 heterocycles. The second-order valence-corrected chi connectivity index (χ2v) is 7.09. The zero-order valence-electron chi connectivity index (χ0n) is 15.5. The highest BCUT2D eigenvalue weighted by atomic mass is 19.1. The van der Waals surface area contributed by atoms with Crippen molar-refractivity contribution in [2.45, 2.75) is 25.7 Å². The maximum atomic E-state index is 14.1. The molecule has 0 aliphatic carbocycles. The van der Waals surface area contributed by atoms with Crippen molar-refractivity contribution in [2.24, 2.45) is 5.92 Å². The Morgan fingerprint density at radius 2 is 1.89 bits per heavy atom. The summed E-state index contributed by atoms with van der Waals surface area (Å²) in [6.07, 6.45) is 7.84. The summed E-state index contributed by atoms with van der Waals surface area (Å²) in [5.41, 5.74) is 2.52. The van der Waals surface area contributed by atoms with E-state index in [2.05, 4.69) is 17.1 Å². The lowest BCUT2D eigenvalue weighted by Gasteiger charge is -2.30. The monoisotopic (exact) mass is 367 g/mol. The minimum absolute atomic E-state index is 0.212. The van der Waals surface area contributed by atoms with Gasteiger partial charge in [0.2, 0.25) is 0 Å². The molecule has 0 aromatic heterocycles. The van der Waals surface area contributed by atoms with Gasteiger partial charge in [0, 0.05) is 12.1 Å². The van der Waals surface area contributed by atoms with Gasteiger partial charge in [0.05, 0.1) is 5.92 Å². The first-order chi connectivity index (χ1) is 13.1. The molecule has 27 heavy (non-hydrogen) atoms. The first-order valence-corrected chi connectivity index (χ1v) is 9.61. The van der Waals surface area contributed by atoms with Crippen LogP contribution in [0.25, 0.3) is 17.2 Å². The third kappa shape index (κ3) is 5.27. The van der Waals surface area contributed by atoms with Crippen LogP contribution in [-0.4, -0.2) is 35.6 Å². The van der Waals surface area contributed by atoms with E-state index in [1.807, 2.05) is 30.3 Å². The van der Waals surface area contributed by atoms with Crippen molar-refractivity contribution in [3.8, 4) is 11.1 Å². The summed E-state index contributed by atoms with van der Waals surface area (Å²) < 4.78 is 14.1. The van der Waals surface area contributed by atoms with Crippen LogP contribution in [0.2, 0.25) is 0 Å². The van der Waals surface area contributed by atoms with Crippen LogP contribution >= 0.6 is 0 Å². The average Bonchev–Trinajstić information content (AvgIpc) is 2.69. The molecule has 0 bridgehead atoms. The highest BCUT2D eigenvalue weighted by Crippen LogP contribution is 2.27. The second-order valence-electron chi connectivity index (χ2n) is 7.09. The molecule has 1 N–H and O–H groups in total. The van der Waals surface area contributed by atoms with E-state index < -0.39 is 5.97 Å². The highest BCUT2D eigenvalue weighted by molar-refractivity contribution is 5.75. The maximum absolute atomic E-state index is 14.1. The van der Waals surface area contributed by atoms with Crippen LogP contribution in [0.5, 0.6) is 0 Å². The van der Waals surface area contributed by atoms with Crippen LogP contribution in [0, 0.1) is 11.7 Å². The van der Waals surface area contributed by atoms with Gasteiger partial charge < -0.3 is 10.0 Å². The number of likely N-dealkylation sites (tertiary alicyclic amines) is 1. The normalized spacial score (nSPS) is 18.0. The van der Waals surface area contributed by atoms with Gasteiger partial charge in [-0.3, -0.25) is 4.79 Å². The number of carboxylic acid groups (broad SMARTS) is 1. The largest absolute Gasteiger partial charge is 0.481 e. The van der Waals surface area contributed by atoms with Gasteiger partial charge in [0.25, 0.3) is 0 Å². The second kappa shape index (κ2) is 9.47. The lowest BCUT2D eigenvalue weighted by molar-refractivity contribution is -0.143. The standard InChI is InChI=1S/C23H26FNO2/c24-22-14-6-5-13-21(22)20-12-4-3-10-18(20)9-2-1-7-15-25-16-8-11-19(17-25)23(26)27/h2-6,9-10,12-14,19H,1,7-8,11,15-17H2,(H,26,27)/b9-2+. The van der Waals surface area contributed by atoms with Crippen LogP contribution in [0.3, 0.4) is 0 Å². The van der Waals surface area contributed by atoms with Gasteiger partial charge in [-0.05, 0) is 56.0 Å². The molecule has 142 valence electrons. The third-order valence-electron chi connectivity index (χ3n) is 5.12. The number of hydrogen-bond donors (Lipinski definition) is 1. The summed E-state index contributed by atoms with van der Waals surface area (Å²) in [4.78, 5) is 13.4. The zero-order chi connectivity index (χ0) is 19.1. The number of allylic oxidation sites excluding steroid dienone is 1. The Balaban J connectivity index is 1.55. The van der Waals surface area contributed by atoms with E-state index >= 15 is 0 Å². The van der Waals surface area contributed by atoms with Crippen LogP contribution in [0.15, 0.2) is 54.6 Å². The van der Waals surface area contributed by atoms with Gasteiger partial charge in [-0.15, -0.1) is 0 Å². The van der Waals surface area contributed by atoms with E-state index in [9.17, 15) is 9.18 Å². The molecule has 1 aliphatic rings. The zero-order valence-corrected chi connectivity index (χ0v) is 15.5. The third-order valence-corrected chi connectivity index (χ3v) is 5.12. The van der Waals surface area contributed by atoms with Crippen LogP contribution < -0.4 is 0 Å². The summed E-state index contributed by atoms with van der Waals surface area (Å²) >= 11 is 0. The van der Waals surface area contributed by atoms with E-state index in [0.29, 0.717) is 12.1 Å². The number of piperidine rings is 1. The number of unbranched alkanes of at least 4 members (excludes halogenated alkanes) is 1. The number of carboxylic acids is 1. The molecule has 1 atom stereocenters. The fraction of sp³-hybridized carbons (Fsp3) is 0.348. The Morgan fingerprint density at radius 1 is 1.15 bits per heavy atom. The number of nitrogens with zero attached hydrogens (tertiary/aromatic N) is 1. The fourth-order valence-corrected chi connectivity index (χ4v) is 3.67. The smallest absolute Gasteiger partial charge is 0.307 e. The van der Waals surface area contributed by atoms with Gasteiger partial charge >= 0.3 is 5.97 Å². The predicted molar refractivity (Wildman–Crippen MR) is 107 cm³/mol. The van der Waals surface area contributed by atoms with E-state index in [1.54, 1.807) is 12.1 Å². The van der Waals surface area contributed by atoms with Crippen molar-refractivity contribution in [1.82, 2.24) is 4.90 Å². The van der Waals surface area contributed by atoms with Crippen molar-refractivity contribution in [1.29, 1.82) is 0 Å². The molecule has 3 nitrogen and oxygen atoms in total. The minimum Gasteiger partial charge on any atom is -0.481 e. The summed E-state index contributed by atoms with van der Waals surface area (Å²) in [5.74, 6) is -1.11. The van der Waals surface area contributed by atoms with Crippen LogP contribution in [0.4, 0.5) is 4.39 Å². The molecule has 0 radical (unpaired) electrons. The van der Waals surface area contributed by atoms with E-state index in [4.69, 9.17) is 5.11 Å². The summed E-state index contributed by atoms with van der Waals surface area (Å²) in [6, 6.07) is 14.7. The molecule has 1 saturated heterocycles. The lowest BCUT2D eigenvalue weighted by Crippen LogP contribution is -2.39. The van der Waals surface area contributed by atoms with E-state index in [-0.39, 0.29) is 11.7 Å². The quantitative estimate of drug-likeness (QED) is 0.694. The van der Waals surface area contributed by atoms with Gasteiger partial charge in [0.15, 0.2) is 0 Å². The Hall–Kier alpha value is -2.46. The Bertz CT molecular complexity index is 802. The van der Waals surface area contributed by atoms with Crippen molar-refractivity contribution in [3.05, 3.63) is 66.0 Å². The minimum atomic E-state index is -0.677. The first-order valence-electron chi connectivity index (χ1n) is 9.61. The molecule has 1 fully saturated rings. The number of carbonyl (C=O) groups is 1. The van der Waals surface area contributed by atoms with E-state index in [0.717, 1.165) is 49.9 Å². The molecule has 4 heteroatoms. The molecule has 1 unspecified atom stereocenters. The Kier molecular flexibility index (Phi) is 6.77. The molecule has 0 spiro atoms. The van der Waals surface area contributed by atoms with Crippen molar-refractivity contribution < 1.29 is 14.3 Å². The molecular formula is C23H26FNO2. The maximum Gasteiger partial charge on any atom is 0.307 e. The van der Waals surface area contributed by atoms with Gasteiger partial charge in [-0.1, -0.05) is 54.6 Å². The summed E-state index contributed by atoms with van der Waals surface area (Å²) in [6.45, 7) is 2.57. The number of halogens is 1. The van der Waals surface area contributed by atoms with Crippen molar-refractivity contribution in [2.75, 3.05) is 19.6 Å². The molecule has 2 aromatic rings. The predicted octanol–water partition coefficient (Wildman–Crippen LogP) is 5.08. The number of aliphatic carboxylic acids is 1. The Labute approximate surface area is 160 Å². The van der Waals surface area contributed by atoms with Gasteiger partial charge in [0.1, 0.15) is 5.82 Å².